The first-order valence-corrected chi connectivity index (χ1v) is 9.33. The maximum Gasteiger partial charge on any atom is 0.341 e. The summed E-state index contributed by atoms with van der Waals surface area (Å²) < 4.78 is 16.8. The van der Waals surface area contributed by atoms with Gasteiger partial charge in [-0.05, 0) is 38.8 Å². The van der Waals surface area contributed by atoms with Crippen LogP contribution >= 0.6 is 0 Å². The quantitative estimate of drug-likeness (QED) is 0.692. The van der Waals surface area contributed by atoms with Gasteiger partial charge >= 0.3 is 5.97 Å². The number of hydrogen-bond acceptors (Lipinski definition) is 7. The van der Waals surface area contributed by atoms with Gasteiger partial charge in [0, 0.05) is 18.9 Å². The van der Waals surface area contributed by atoms with Crippen LogP contribution in [0.15, 0.2) is 36.7 Å². The number of aromatic nitrogens is 2. The SMILES string of the molecule is CCOC(=O)c1cnc(N2CCC[C@@H](Oc3ccccc3OCC)C2)nc1. The maximum atomic E-state index is 11.7. The third-order valence-electron chi connectivity index (χ3n) is 4.25. The van der Waals surface area contributed by atoms with Crippen molar-refractivity contribution in [3.63, 3.8) is 0 Å². The molecule has 1 fully saturated rings. The van der Waals surface area contributed by atoms with Gasteiger partial charge in [-0.25, -0.2) is 14.8 Å². The predicted octanol–water partition coefficient (Wildman–Crippen LogP) is 3.10. The standard InChI is InChI=1S/C20H25N3O4/c1-3-25-17-9-5-6-10-18(17)27-16-8-7-11-23(14-16)20-21-12-15(13-22-20)19(24)26-4-2/h5-6,9-10,12-13,16H,3-4,7-8,11,14H2,1-2H3/t16-/m1/s1. The number of carbonyl (C=O) groups is 1. The Morgan fingerprint density at radius 3 is 2.59 bits per heavy atom. The Morgan fingerprint density at radius 1 is 1.15 bits per heavy atom. The smallest absolute Gasteiger partial charge is 0.341 e. The molecule has 0 saturated carbocycles. The van der Waals surface area contributed by atoms with Crippen LogP contribution in [0.1, 0.15) is 37.0 Å². The van der Waals surface area contributed by atoms with Crippen molar-refractivity contribution in [3.8, 4) is 11.5 Å². The molecule has 0 aliphatic carbocycles. The third-order valence-corrected chi connectivity index (χ3v) is 4.25. The maximum absolute atomic E-state index is 11.7. The summed E-state index contributed by atoms with van der Waals surface area (Å²) in [6, 6.07) is 7.71. The van der Waals surface area contributed by atoms with E-state index in [1.807, 2.05) is 31.2 Å². The van der Waals surface area contributed by atoms with Crippen LogP contribution in [0.3, 0.4) is 0 Å². The summed E-state index contributed by atoms with van der Waals surface area (Å²) in [4.78, 5) is 22.5. The number of rotatable bonds is 7. The molecule has 27 heavy (non-hydrogen) atoms. The summed E-state index contributed by atoms with van der Waals surface area (Å²) in [6.45, 7) is 6.18. The van der Waals surface area contributed by atoms with Gasteiger partial charge in [0.25, 0.3) is 0 Å². The van der Waals surface area contributed by atoms with E-state index in [9.17, 15) is 4.79 Å². The fourth-order valence-electron chi connectivity index (χ4n) is 3.02. The zero-order valence-corrected chi connectivity index (χ0v) is 15.8. The van der Waals surface area contributed by atoms with Crippen molar-refractivity contribution in [2.45, 2.75) is 32.8 Å². The van der Waals surface area contributed by atoms with Gasteiger partial charge in [0.05, 0.1) is 25.3 Å². The lowest BCUT2D eigenvalue weighted by Crippen LogP contribution is -2.42. The van der Waals surface area contributed by atoms with Crippen molar-refractivity contribution in [2.24, 2.45) is 0 Å². The first kappa shape index (κ1) is 18.9. The van der Waals surface area contributed by atoms with Crippen molar-refractivity contribution in [1.29, 1.82) is 0 Å². The molecule has 0 N–H and O–H groups in total. The minimum atomic E-state index is -0.406. The van der Waals surface area contributed by atoms with E-state index in [1.54, 1.807) is 6.92 Å². The van der Waals surface area contributed by atoms with Crippen LogP contribution in [0.4, 0.5) is 5.95 Å². The van der Waals surface area contributed by atoms with Crippen LogP contribution in [0.2, 0.25) is 0 Å². The van der Waals surface area contributed by atoms with Gasteiger partial charge < -0.3 is 19.1 Å². The summed E-state index contributed by atoms with van der Waals surface area (Å²) in [6.07, 6.45) is 4.97. The molecule has 1 aromatic heterocycles. The van der Waals surface area contributed by atoms with E-state index in [1.165, 1.54) is 12.4 Å². The highest BCUT2D eigenvalue weighted by molar-refractivity contribution is 5.88. The fourth-order valence-corrected chi connectivity index (χ4v) is 3.02. The van der Waals surface area contributed by atoms with Crippen LogP contribution in [0, 0.1) is 0 Å². The van der Waals surface area contributed by atoms with Gasteiger partial charge in [-0.1, -0.05) is 12.1 Å². The van der Waals surface area contributed by atoms with Crippen LogP contribution in [-0.4, -0.2) is 48.3 Å². The Labute approximate surface area is 159 Å². The molecule has 0 unspecified atom stereocenters. The third kappa shape index (κ3) is 4.87. The molecule has 2 heterocycles. The van der Waals surface area contributed by atoms with Crippen molar-refractivity contribution >= 4 is 11.9 Å². The van der Waals surface area contributed by atoms with Gasteiger partial charge in [-0.15, -0.1) is 0 Å². The molecule has 144 valence electrons. The highest BCUT2D eigenvalue weighted by Crippen LogP contribution is 2.29. The van der Waals surface area contributed by atoms with E-state index in [2.05, 4.69) is 14.9 Å². The number of ether oxygens (including phenoxy) is 3. The summed E-state index contributed by atoms with van der Waals surface area (Å²) in [5.41, 5.74) is 0.357. The molecule has 0 spiro atoms. The molecule has 1 aliphatic heterocycles. The molecular weight excluding hydrogens is 346 g/mol. The molecule has 1 atom stereocenters. The van der Waals surface area contributed by atoms with Crippen molar-refractivity contribution in [2.75, 3.05) is 31.2 Å². The predicted molar refractivity (Wildman–Crippen MR) is 101 cm³/mol. The topological polar surface area (TPSA) is 73.8 Å². The second kappa shape index (κ2) is 9.21. The zero-order chi connectivity index (χ0) is 19.1. The Morgan fingerprint density at radius 2 is 1.89 bits per heavy atom. The molecule has 0 radical (unpaired) electrons. The molecule has 1 aliphatic rings. The first-order chi connectivity index (χ1) is 13.2. The average Bonchev–Trinajstić information content (AvgIpc) is 2.70. The van der Waals surface area contributed by atoms with Crippen LogP contribution in [-0.2, 0) is 4.74 Å². The summed E-state index contributed by atoms with van der Waals surface area (Å²) >= 11 is 0. The van der Waals surface area contributed by atoms with Crippen molar-refractivity contribution in [3.05, 3.63) is 42.2 Å². The summed E-state index contributed by atoms with van der Waals surface area (Å²) in [7, 11) is 0. The summed E-state index contributed by atoms with van der Waals surface area (Å²) in [5, 5.41) is 0. The van der Waals surface area contributed by atoms with E-state index < -0.39 is 5.97 Å². The number of nitrogens with zero attached hydrogens (tertiary/aromatic N) is 3. The van der Waals surface area contributed by atoms with Gasteiger partial charge in [0.2, 0.25) is 5.95 Å². The van der Waals surface area contributed by atoms with Gasteiger partial charge in [0.1, 0.15) is 6.10 Å². The van der Waals surface area contributed by atoms with Crippen LogP contribution in [0.5, 0.6) is 11.5 Å². The Kier molecular flexibility index (Phi) is 6.46. The lowest BCUT2D eigenvalue weighted by molar-refractivity contribution is 0.0525. The van der Waals surface area contributed by atoms with Gasteiger partial charge in [-0.3, -0.25) is 0 Å². The normalized spacial score (nSPS) is 16.7. The van der Waals surface area contributed by atoms with E-state index >= 15 is 0 Å². The number of hydrogen-bond donors (Lipinski definition) is 0. The monoisotopic (exact) mass is 371 g/mol. The Hall–Kier alpha value is -2.83. The van der Waals surface area contributed by atoms with Crippen LogP contribution < -0.4 is 14.4 Å². The first-order valence-electron chi connectivity index (χ1n) is 9.33. The number of esters is 1. The highest BCUT2D eigenvalue weighted by Gasteiger charge is 2.24. The minimum Gasteiger partial charge on any atom is -0.490 e. The molecule has 2 aromatic rings. The molecular formula is C20H25N3O4. The van der Waals surface area contributed by atoms with Gasteiger partial charge in [0.15, 0.2) is 11.5 Å². The number of carbonyl (C=O) groups excluding carboxylic acids is 1. The molecule has 1 saturated heterocycles. The molecule has 0 bridgehead atoms. The van der Waals surface area contributed by atoms with Crippen molar-refractivity contribution < 1.29 is 19.0 Å². The number of benzene rings is 1. The number of para-hydroxylation sites is 2. The molecule has 0 amide bonds. The molecule has 3 rings (SSSR count). The highest BCUT2D eigenvalue weighted by atomic mass is 16.5. The molecule has 7 heteroatoms. The van der Waals surface area contributed by atoms with Gasteiger partial charge in [-0.2, -0.15) is 0 Å². The lowest BCUT2D eigenvalue weighted by atomic mass is 10.1. The molecule has 1 aromatic carbocycles. The second-order valence-corrected chi connectivity index (χ2v) is 6.20. The summed E-state index contributed by atoms with van der Waals surface area (Å²) in [5.74, 6) is 1.70. The molecule has 7 nitrogen and oxygen atoms in total. The average molecular weight is 371 g/mol. The number of piperidine rings is 1. The van der Waals surface area contributed by atoms with E-state index in [4.69, 9.17) is 14.2 Å². The number of anilines is 1. The minimum absolute atomic E-state index is 0.0219. The Balaban J connectivity index is 1.65. The zero-order valence-electron chi connectivity index (χ0n) is 15.8. The lowest BCUT2D eigenvalue weighted by Gasteiger charge is -2.33. The van der Waals surface area contributed by atoms with E-state index in [0.717, 1.165) is 30.9 Å². The second-order valence-electron chi connectivity index (χ2n) is 6.20. The van der Waals surface area contributed by atoms with Crippen molar-refractivity contribution in [1.82, 2.24) is 9.97 Å². The largest absolute Gasteiger partial charge is 0.490 e. The van der Waals surface area contributed by atoms with E-state index in [-0.39, 0.29) is 6.10 Å². The fraction of sp³-hybridized carbons (Fsp3) is 0.450. The Bertz CT molecular complexity index is 751. The van der Waals surface area contributed by atoms with Crippen LogP contribution in [0.25, 0.3) is 0 Å². The van der Waals surface area contributed by atoms with E-state index in [0.29, 0.717) is 31.3 Å².